The van der Waals surface area contributed by atoms with Gasteiger partial charge in [0.25, 0.3) is 0 Å². The number of carboxylic acids is 1. The molecule has 1 fully saturated rings. The summed E-state index contributed by atoms with van der Waals surface area (Å²) < 4.78 is 5.54. The maximum Gasteiger partial charge on any atom is 0.311 e. The van der Waals surface area contributed by atoms with Crippen molar-refractivity contribution in [3.8, 4) is 0 Å². The highest BCUT2D eigenvalue weighted by Gasteiger charge is 2.46. The van der Waals surface area contributed by atoms with E-state index in [1.54, 1.807) is 0 Å². The lowest BCUT2D eigenvalue weighted by Gasteiger charge is -2.28. The van der Waals surface area contributed by atoms with Crippen molar-refractivity contribution in [2.45, 2.75) is 40.0 Å². The summed E-state index contributed by atoms with van der Waals surface area (Å²) in [6, 6.07) is 0. The average molecular weight is 257 g/mol. The molecule has 1 heterocycles. The Labute approximate surface area is 110 Å². The lowest BCUT2D eigenvalue weighted by atomic mass is 9.76. The van der Waals surface area contributed by atoms with Crippen LogP contribution in [-0.4, -0.2) is 48.8 Å². The number of hydrogen-bond acceptors (Lipinski definition) is 3. The summed E-state index contributed by atoms with van der Waals surface area (Å²) in [5.74, 6) is -0.465. The fraction of sp³-hybridized carbons (Fsp3) is 0.929. The Morgan fingerprint density at radius 2 is 2.17 bits per heavy atom. The highest BCUT2D eigenvalue weighted by molar-refractivity contribution is 5.75. The molecule has 0 aliphatic carbocycles. The van der Waals surface area contributed by atoms with Gasteiger partial charge >= 0.3 is 5.97 Å². The second kappa shape index (κ2) is 7.10. The first-order valence-corrected chi connectivity index (χ1v) is 7.06. The third-order valence-electron chi connectivity index (χ3n) is 4.11. The van der Waals surface area contributed by atoms with E-state index in [4.69, 9.17) is 4.74 Å². The van der Waals surface area contributed by atoms with E-state index in [1.165, 1.54) is 0 Å². The molecule has 0 aromatic rings. The van der Waals surface area contributed by atoms with Crippen molar-refractivity contribution >= 4 is 5.97 Å². The lowest BCUT2D eigenvalue weighted by Crippen LogP contribution is -2.39. The predicted molar refractivity (Wildman–Crippen MR) is 71.7 cm³/mol. The van der Waals surface area contributed by atoms with Gasteiger partial charge in [0.1, 0.15) is 0 Å². The van der Waals surface area contributed by atoms with Crippen LogP contribution in [0.25, 0.3) is 0 Å². The Hall–Kier alpha value is -0.610. The van der Waals surface area contributed by atoms with Crippen molar-refractivity contribution in [1.29, 1.82) is 0 Å². The lowest BCUT2D eigenvalue weighted by molar-refractivity contribution is -0.151. The molecule has 0 spiro atoms. The van der Waals surface area contributed by atoms with Crippen LogP contribution in [-0.2, 0) is 9.53 Å². The van der Waals surface area contributed by atoms with Crippen molar-refractivity contribution in [2.24, 2.45) is 11.3 Å². The highest BCUT2D eigenvalue weighted by Crippen LogP contribution is 2.37. The van der Waals surface area contributed by atoms with Crippen molar-refractivity contribution < 1.29 is 14.6 Å². The molecule has 1 aliphatic heterocycles. The van der Waals surface area contributed by atoms with Gasteiger partial charge in [0.15, 0.2) is 0 Å². The fourth-order valence-electron chi connectivity index (χ4n) is 2.54. The molecule has 1 aliphatic rings. The van der Waals surface area contributed by atoms with E-state index in [9.17, 15) is 9.90 Å². The molecule has 0 amide bonds. The molecule has 0 bridgehead atoms. The second-order valence-electron chi connectivity index (χ2n) is 5.61. The SMILES string of the molecule is CCCCOCCN1CCC(C(=O)O)(C(C)C)C1. The number of likely N-dealkylation sites (tertiary alicyclic amines) is 1. The third kappa shape index (κ3) is 3.69. The Morgan fingerprint density at radius 3 is 2.67 bits per heavy atom. The van der Waals surface area contributed by atoms with Crippen LogP contribution >= 0.6 is 0 Å². The molecule has 0 aromatic carbocycles. The number of carbonyl (C=O) groups is 1. The zero-order valence-electron chi connectivity index (χ0n) is 11.9. The van der Waals surface area contributed by atoms with Gasteiger partial charge < -0.3 is 9.84 Å². The van der Waals surface area contributed by atoms with Crippen LogP contribution in [0.5, 0.6) is 0 Å². The molecule has 1 atom stereocenters. The molecule has 4 heteroatoms. The Balaban J connectivity index is 2.33. The minimum absolute atomic E-state index is 0.181. The van der Waals surface area contributed by atoms with Gasteiger partial charge in [0, 0.05) is 19.7 Å². The second-order valence-corrected chi connectivity index (χ2v) is 5.61. The van der Waals surface area contributed by atoms with Gasteiger partial charge in [-0.15, -0.1) is 0 Å². The minimum Gasteiger partial charge on any atom is -0.481 e. The van der Waals surface area contributed by atoms with Gasteiger partial charge in [-0.25, -0.2) is 0 Å². The standard InChI is InChI=1S/C14H27NO3/c1-4-5-9-18-10-8-15-7-6-14(11-15,12(2)3)13(16)17/h12H,4-11H2,1-3H3,(H,16,17). The molecule has 0 radical (unpaired) electrons. The van der Waals surface area contributed by atoms with Gasteiger partial charge in [-0.05, 0) is 25.3 Å². The summed E-state index contributed by atoms with van der Waals surface area (Å²) >= 11 is 0. The molecular weight excluding hydrogens is 230 g/mol. The molecular formula is C14H27NO3. The quantitative estimate of drug-likeness (QED) is 0.677. The van der Waals surface area contributed by atoms with Gasteiger partial charge in [-0.1, -0.05) is 27.2 Å². The summed E-state index contributed by atoms with van der Waals surface area (Å²) in [6.45, 7) is 10.1. The zero-order chi connectivity index (χ0) is 13.6. The molecule has 1 unspecified atom stereocenters. The number of nitrogens with zero attached hydrogens (tertiary/aromatic N) is 1. The summed E-state index contributed by atoms with van der Waals surface area (Å²) in [7, 11) is 0. The van der Waals surface area contributed by atoms with Crippen molar-refractivity contribution in [3.63, 3.8) is 0 Å². The first-order valence-electron chi connectivity index (χ1n) is 7.06. The summed E-state index contributed by atoms with van der Waals surface area (Å²) in [4.78, 5) is 13.7. The Kier molecular flexibility index (Phi) is 6.09. The maximum atomic E-state index is 11.5. The molecule has 4 nitrogen and oxygen atoms in total. The largest absolute Gasteiger partial charge is 0.481 e. The monoisotopic (exact) mass is 257 g/mol. The van der Waals surface area contributed by atoms with Crippen LogP contribution in [0.4, 0.5) is 0 Å². The average Bonchev–Trinajstić information content (AvgIpc) is 2.74. The highest BCUT2D eigenvalue weighted by atomic mass is 16.5. The minimum atomic E-state index is -0.646. The normalized spacial score (nSPS) is 24.9. The topological polar surface area (TPSA) is 49.8 Å². The summed E-state index contributed by atoms with van der Waals surface area (Å²) in [5, 5.41) is 9.44. The van der Waals surface area contributed by atoms with Crippen LogP contribution in [0.1, 0.15) is 40.0 Å². The summed E-state index contributed by atoms with van der Waals surface area (Å²) in [6.07, 6.45) is 3.01. The predicted octanol–water partition coefficient (Wildman–Crippen LogP) is 2.24. The smallest absolute Gasteiger partial charge is 0.311 e. The van der Waals surface area contributed by atoms with E-state index < -0.39 is 11.4 Å². The van der Waals surface area contributed by atoms with Gasteiger partial charge in [0.05, 0.1) is 12.0 Å². The van der Waals surface area contributed by atoms with E-state index in [-0.39, 0.29) is 5.92 Å². The van der Waals surface area contributed by atoms with E-state index in [0.717, 1.165) is 39.0 Å². The molecule has 1 rings (SSSR count). The first-order chi connectivity index (χ1) is 8.53. The van der Waals surface area contributed by atoms with Crippen molar-refractivity contribution in [3.05, 3.63) is 0 Å². The molecule has 18 heavy (non-hydrogen) atoms. The van der Waals surface area contributed by atoms with Gasteiger partial charge in [0.2, 0.25) is 0 Å². The maximum absolute atomic E-state index is 11.5. The number of rotatable bonds is 8. The first kappa shape index (κ1) is 15.4. The number of ether oxygens (including phenoxy) is 1. The molecule has 1 N–H and O–H groups in total. The van der Waals surface area contributed by atoms with Crippen LogP contribution in [0.3, 0.4) is 0 Å². The third-order valence-corrected chi connectivity index (χ3v) is 4.11. The van der Waals surface area contributed by atoms with Crippen LogP contribution in [0.15, 0.2) is 0 Å². The van der Waals surface area contributed by atoms with Gasteiger partial charge in [-0.3, -0.25) is 9.69 Å². The Bertz CT molecular complexity index is 268. The fourth-order valence-corrected chi connectivity index (χ4v) is 2.54. The molecule has 0 aromatic heterocycles. The number of aliphatic carboxylic acids is 1. The van der Waals surface area contributed by atoms with Crippen LogP contribution in [0.2, 0.25) is 0 Å². The van der Waals surface area contributed by atoms with Gasteiger partial charge in [-0.2, -0.15) is 0 Å². The van der Waals surface area contributed by atoms with E-state index in [2.05, 4.69) is 11.8 Å². The zero-order valence-corrected chi connectivity index (χ0v) is 11.9. The molecule has 0 saturated carbocycles. The Morgan fingerprint density at radius 1 is 1.44 bits per heavy atom. The molecule has 106 valence electrons. The van der Waals surface area contributed by atoms with E-state index in [0.29, 0.717) is 13.2 Å². The van der Waals surface area contributed by atoms with Crippen LogP contribution < -0.4 is 0 Å². The molecule has 1 saturated heterocycles. The van der Waals surface area contributed by atoms with Crippen LogP contribution in [0, 0.1) is 11.3 Å². The number of carboxylic acid groups (broad SMARTS) is 1. The number of hydrogen-bond donors (Lipinski definition) is 1. The van der Waals surface area contributed by atoms with E-state index >= 15 is 0 Å². The van der Waals surface area contributed by atoms with E-state index in [1.807, 2.05) is 13.8 Å². The number of unbranched alkanes of at least 4 members (excludes halogenated alkanes) is 1. The van der Waals surface area contributed by atoms with Crippen molar-refractivity contribution in [1.82, 2.24) is 4.90 Å². The van der Waals surface area contributed by atoms with Crippen molar-refractivity contribution in [2.75, 3.05) is 32.8 Å². The summed E-state index contributed by atoms with van der Waals surface area (Å²) in [5.41, 5.74) is -0.552.